The maximum atomic E-state index is 14.0. The van der Waals surface area contributed by atoms with Gasteiger partial charge in [-0.3, -0.25) is 0 Å². The van der Waals surface area contributed by atoms with Crippen LogP contribution in [0.4, 0.5) is 8.78 Å². The highest BCUT2D eigenvalue weighted by Gasteiger charge is 2.25. The third kappa shape index (κ3) is 3.67. The van der Waals surface area contributed by atoms with E-state index < -0.39 is 11.6 Å². The third-order valence-corrected chi connectivity index (χ3v) is 4.14. The van der Waals surface area contributed by atoms with Crippen LogP contribution >= 0.6 is 11.6 Å². The Morgan fingerprint density at radius 3 is 2.63 bits per heavy atom. The Kier molecular flexibility index (Phi) is 5.17. The van der Waals surface area contributed by atoms with E-state index >= 15 is 0 Å². The summed E-state index contributed by atoms with van der Waals surface area (Å²) in [7, 11) is 0. The first kappa shape index (κ1) is 14.7. The van der Waals surface area contributed by atoms with Gasteiger partial charge < -0.3 is 5.32 Å². The van der Waals surface area contributed by atoms with Gasteiger partial charge in [0.15, 0.2) is 0 Å². The van der Waals surface area contributed by atoms with Crippen molar-refractivity contribution in [2.75, 3.05) is 6.54 Å². The Labute approximate surface area is 118 Å². The molecule has 1 aromatic carbocycles. The van der Waals surface area contributed by atoms with Crippen molar-refractivity contribution in [2.45, 2.75) is 45.1 Å². The van der Waals surface area contributed by atoms with Crippen LogP contribution in [0.1, 0.15) is 50.6 Å². The van der Waals surface area contributed by atoms with E-state index in [-0.39, 0.29) is 11.1 Å². The zero-order chi connectivity index (χ0) is 13.8. The molecular weight excluding hydrogens is 268 g/mol. The van der Waals surface area contributed by atoms with Gasteiger partial charge in [-0.15, -0.1) is 0 Å². The lowest BCUT2D eigenvalue weighted by atomic mass is 9.79. The van der Waals surface area contributed by atoms with Crippen LogP contribution in [-0.4, -0.2) is 6.54 Å². The second kappa shape index (κ2) is 6.67. The number of nitrogens with one attached hydrogen (secondary N) is 1. The van der Waals surface area contributed by atoms with Crippen molar-refractivity contribution < 1.29 is 8.78 Å². The fourth-order valence-electron chi connectivity index (χ4n) is 2.51. The molecule has 1 atom stereocenters. The molecule has 0 saturated heterocycles. The topological polar surface area (TPSA) is 12.0 Å². The molecule has 1 fully saturated rings. The van der Waals surface area contributed by atoms with Gasteiger partial charge in [0.05, 0.1) is 5.02 Å². The number of halogens is 3. The van der Waals surface area contributed by atoms with E-state index in [2.05, 4.69) is 12.2 Å². The van der Waals surface area contributed by atoms with Crippen molar-refractivity contribution in [3.8, 4) is 0 Å². The zero-order valence-corrected chi connectivity index (χ0v) is 11.9. The summed E-state index contributed by atoms with van der Waals surface area (Å²) in [6, 6.07) is 2.20. The first-order valence-corrected chi connectivity index (χ1v) is 7.37. The fraction of sp³-hybridized carbons (Fsp3) is 0.600. The van der Waals surface area contributed by atoms with E-state index in [9.17, 15) is 8.78 Å². The standard InChI is InChI=1S/C15H20ClF2N/c1-2-6-19-15(7-10-4-3-5-10)11-8-14(18)12(16)9-13(11)17/h8-10,15,19H,2-7H2,1H3. The van der Waals surface area contributed by atoms with Crippen LogP contribution in [0.25, 0.3) is 0 Å². The molecule has 1 aliphatic carbocycles. The molecule has 19 heavy (non-hydrogen) atoms. The summed E-state index contributed by atoms with van der Waals surface area (Å²) in [6.07, 6.45) is 5.49. The van der Waals surface area contributed by atoms with Gasteiger partial charge in [0.25, 0.3) is 0 Å². The Balaban J connectivity index is 2.17. The van der Waals surface area contributed by atoms with Crippen molar-refractivity contribution in [3.63, 3.8) is 0 Å². The smallest absolute Gasteiger partial charge is 0.142 e. The van der Waals surface area contributed by atoms with Crippen LogP contribution in [0.2, 0.25) is 5.02 Å². The average Bonchev–Trinajstić information content (AvgIpc) is 2.32. The molecule has 0 heterocycles. The van der Waals surface area contributed by atoms with Gasteiger partial charge in [0, 0.05) is 11.6 Å². The quantitative estimate of drug-likeness (QED) is 0.738. The minimum Gasteiger partial charge on any atom is -0.310 e. The number of rotatable bonds is 6. The van der Waals surface area contributed by atoms with Crippen LogP contribution in [0.5, 0.6) is 0 Å². The highest BCUT2D eigenvalue weighted by Crippen LogP contribution is 2.36. The highest BCUT2D eigenvalue weighted by atomic mass is 35.5. The summed E-state index contributed by atoms with van der Waals surface area (Å²) < 4.78 is 27.5. The first-order chi connectivity index (χ1) is 9.11. The van der Waals surface area contributed by atoms with Crippen LogP contribution in [0.15, 0.2) is 12.1 Å². The predicted octanol–water partition coefficient (Wildman–Crippen LogP) is 4.85. The minimum atomic E-state index is -0.546. The maximum absolute atomic E-state index is 14.0. The maximum Gasteiger partial charge on any atom is 0.142 e. The number of hydrogen-bond donors (Lipinski definition) is 1. The normalized spacial score (nSPS) is 17.3. The van der Waals surface area contributed by atoms with Crippen LogP contribution in [0, 0.1) is 17.6 Å². The van der Waals surface area contributed by atoms with Crippen molar-refractivity contribution in [1.82, 2.24) is 5.32 Å². The summed E-state index contributed by atoms with van der Waals surface area (Å²) in [5, 5.41) is 3.17. The molecule has 106 valence electrons. The molecule has 1 aliphatic rings. The molecule has 0 spiro atoms. The SMILES string of the molecule is CCCNC(CC1CCC1)c1cc(F)c(Cl)cc1F. The molecule has 1 saturated carbocycles. The molecule has 4 heteroatoms. The van der Waals surface area contributed by atoms with Gasteiger partial charge in [0.2, 0.25) is 0 Å². The summed E-state index contributed by atoms with van der Waals surface area (Å²) >= 11 is 5.60. The van der Waals surface area contributed by atoms with Crippen molar-refractivity contribution in [3.05, 3.63) is 34.4 Å². The average molecular weight is 288 g/mol. The van der Waals surface area contributed by atoms with Gasteiger partial charge in [-0.05, 0) is 37.4 Å². The Hall–Kier alpha value is -0.670. The van der Waals surface area contributed by atoms with E-state index in [4.69, 9.17) is 11.6 Å². The minimum absolute atomic E-state index is 0.114. The molecule has 1 aromatic rings. The Bertz CT molecular complexity index is 432. The van der Waals surface area contributed by atoms with Gasteiger partial charge in [0.1, 0.15) is 11.6 Å². The largest absolute Gasteiger partial charge is 0.310 e. The Morgan fingerprint density at radius 1 is 1.32 bits per heavy atom. The summed E-state index contributed by atoms with van der Waals surface area (Å²) in [5.74, 6) is -0.332. The summed E-state index contributed by atoms with van der Waals surface area (Å²) in [6.45, 7) is 2.87. The van der Waals surface area contributed by atoms with Crippen LogP contribution < -0.4 is 5.32 Å². The molecular formula is C15H20ClF2N. The molecule has 0 radical (unpaired) electrons. The van der Waals surface area contributed by atoms with Crippen molar-refractivity contribution in [2.24, 2.45) is 5.92 Å². The predicted molar refractivity (Wildman–Crippen MR) is 74.4 cm³/mol. The van der Waals surface area contributed by atoms with Crippen LogP contribution in [0.3, 0.4) is 0 Å². The van der Waals surface area contributed by atoms with E-state index in [0.29, 0.717) is 11.5 Å². The molecule has 0 bridgehead atoms. The third-order valence-electron chi connectivity index (χ3n) is 3.85. The molecule has 0 aliphatic heterocycles. The van der Waals surface area contributed by atoms with Gasteiger partial charge in [-0.1, -0.05) is 37.8 Å². The molecule has 1 unspecified atom stereocenters. The molecule has 1 nitrogen and oxygen atoms in total. The lowest BCUT2D eigenvalue weighted by Crippen LogP contribution is -2.27. The summed E-state index contributed by atoms with van der Waals surface area (Å²) in [4.78, 5) is 0. The first-order valence-electron chi connectivity index (χ1n) is 6.99. The van der Waals surface area contributed by atoms with Gasteiger partial charge >= 0.3 is 0 Å². The second-order valence-corrected chi connectivity index (χ2v) is 5.73. The lowest BCUT2D eigenvalue weighted by molar-refractivity contribution is 0.258. The molecule has 1 N–H and O–H groups in total. The zero-order valence-electron chi connectivity index (χ0n) is 11.2. The lowest BCUT2D eigenvalue weighted by Gasteiger charge is -2.30. The Morgan fingerprint density at radius 2 is 2.05 bits per heavy atom. The monoisotopic (exact) mass is 287 g/mol. The van der Waals surface area contributed by atoms with E-state index in [1.165, 1.54) is 25.3 Å². The van der Waals surface area contributed by atoms with E-state index in [1.807, 2.05) is 0 Å². The van der Waals surface area contributed by atoms with Crippen molar-refractivity contribution in [1.29, 1.82) is 0 Å². The highest BCUT2D eigenvalue weighted by molar-refractivity contribution is 6.30. The van der Waals surface area contributed by atoms with E-state index in [0.717, 1.165) is 25.5 Å². The summed E-state index contributed by atoms with van der Waals surface area (Å²) in [5.41, 5.74) is 0.405. The molecule has 0 amide bonds. The number of hydrogen-bond acceptors (Lipinski definition) is 1. The number of benzene rings is 1. The van der Waals surface area contributed by atoms with E-state index in [1.54, 1.807) is 0 Å². The van der Waals surface area contributed by atoms with Gasteiger partial charge in [-0.25, -0.2) is 8.78 Å². The molecule has 2 rings (SSSR count). The fourth-order valence-corrected chi connectivity index (χ4v) is 2.66. The second-order valence-electron chi connectivity index (χ2n) is 5.33. The van der Waals surface area contributed by atoms with Crippen LogP contribution in [-0.2, 0) is 0 Å². The molecule has 0 aromatic heterocycles. The van der Waals surface area contributed by atoms with Crippen molar-refractivity contribution >= 4 is 11.6 Å². The van der Waals surface area contributed by atoms with Gasteiger partial charge in [-0.2, -0.15) is 0 Å².